The number of anilines is 1. The smallest absolute Gasteiger partial charge is 0.222 e. The number of nitrogens with one attached hydrogen (secondary N) is 2. The van der Waals surface area contributed by atoms with Crippen LogP contribution in [0.5, 0.6) is 0 Å². The van der Waals surface area contributed by atoms with Gasteiger partial charge in [-0.1, -0.05) is 11.6 Å². The molecule has 8 nitrogen and oxygen atoms in total. The summed E-state index contributed by atoms with van der Waals surface area (Å²) < 4.78 is 15.2. The number of pyridine rings is 1. The number of halogens is 2. The van der Waals surface area contributed by atoms with E-state index < -0.39 is 5.82 Å². The minimum atomic E-state index is -0.440. The topological polar surface area (TPSA) is 101 Å². The normalized spacial score (nSPS) is 10.9. The molecule has 0 bridgehead atoms. The molecule has 146 valence electrons. The summed E-state index contributed by atoms with van der Waals surface area (Å²) in [7, 11) is 0. The molecule has 0 aliphatic heterocycles. The fourth-order valence-corrected chi connectivity index (χ4v) is 3.15. The lowest BCUT2D eigenvalue weighted by Gasteiger charge is -2.08. The minimum absolute atomic E-state index is 0.224. The zero-order valence-corrected chi connectivity index (χ0v) is 16.2. The highest BCUT2D eigenvalue weighted by Gasteiger charge is 2.19. The number of aryl methyl sites for hydroxylation is 1. The van der Waals surface area contributed by atoms with Crippen LogP contribution in [-0.4, -0.2) is 35.9 Å². The number of amides is 1. The molecule has 3 heterocycles. The van der Waals surface area contributed by atoms with Gasteiger partial charge in [-0.05, 0) is 30.7 Å². The number of H-pyrrole nitrogens is 1. The van der Waals surface area contributed by atoms with Gasteiger partial charge in [0.25, 0.3) is 0 Å². The summed E-state index contributed by atoms with van der Waals surface area (Å²) in [4.78, 5) is 19.8. The van der Waals surface area contributed by atoms with Crippen LogP contribution >= 0.6 is 11.6 Å². The van der Waals surface area contributed by atoms with Crippen LogP contribution in [0.1, 0.15) is 12.5 Å². The van der Waals surface area contributed by atoms with E-state index in [1.807, 2.05) is 6.92 Å². The first-order chi connectivity index (χ1) is 13.9. The van der Waals surface area contributed by atoms with Gasteiger partial charge in [0.2, 0.25) is 5.91 Å². The third-order valence-corrected chi connectivity index (χ3v) is 4.51. The van der Waals surface area contributed by atoms with Crippen molar-refractivity contribution >= 4 is 23.3 Å². The third-order valence-electron chi connectivity index (χ3n) is 4.20. The van der Waals surface area contributed by atoms with Gasteiger partial charge >= 0.3 is 0 Å². The second kappa shape index (κ2) is 7.44. The number of carbonyl (C=O) groups excluding carboxylic acids is 1. The Kier molecular flexibility index (Phi) is 4.81. The van der Waals surface area contributed by atoms with E-state index in [4.69, 9.17) is 11.6 Å². The summed E-state index contributed by atoms with van der Waals surface area (Å²) in [6.07, 6.45) is 4.78. The van der Waals surface area contributed by atoms with Gasteiger partial charge in [0.15, 0.2) is 5.82 Å². The van der Waals surface area contributed by atoms with E-state index in [0.717, 1.165) is 5.56 Å². The largest absolute Gasteiger partial charge is 0.311 e. The van der Waals surface area contributed by atoms with Crippen LogP contribution in [0.25, 0.3) is 28.3 Å². The number of hydrogen-bond acceptors (Lipinski definition) is 5. The number of benzene rings is 1. The Labute approximate surface area is 169 Å². The highest BCUT2D eigenvalue weighted by Crippen LogP contribution is 2.35. The van der Waals surface area contributed by atoms with Crippen LogP contribution in [0.2, 0.25) is 5.02 Å². The molecule has 4 rings (SSSR count). The molecule has 3 aromatic heterocycles. The van der Waals surface area contributed by atoms with Crippen molar-refractivity contribution < 1.29 is 9.18 Å². The molecule has 1 amide bonds. The highest BCUT2D eigenvalue weighted by molar-refractivity contribution is 6.33. The van der Waals surface area contributed by atoms with Gasteiger partial charge in [0, 0.05) is 30.9 Å². The average Bonchev–Trinajstić information content (AvgIpc) is 3.32. The SMILES string of the molecule is CC(=O)Nc1cc(-n2cc(-c3ncn[nH]3)c(-c3ccc(F)cc3Cl)n2)c(C)cn1. The van der Waals surface area contributed by atoms with Crippen LogP contribution in [0.3, 0.4) is 0 Å². The molecule has 0 radical (unpaired) electrons. The second-order valence-electron chi connectivity index (χ2n) is 6.33. The van der Waals surface area contributed by atoms with E-state index in [1.54, 1.807) is 29.2 Å². The van der Waals surface area contributed by atoms with Crippen LogP contribution in [0.4, 0.5) is 10.2 Å². The molecule has 0 aliphatic rings. The van der Waals surface area contributed by atoms with Crippen molar-refractivity contribution in [1.82, 2.24) is 29.9 Å². The number of carbonyl (C=O) groups is 1. The predicted octanol–water partition coefficient (Wildman–Crippen LogP) is 3.78. The van der Waals surface area contributed by atoms with Gasteiger partial charge in [-0.3, -0.25) is 9.89 Å². The monoisotopic (exact) mass is 411 g/mol. The Morgan fingerprint density at radius 2 is 2.07 bits per heavy atom. The van der Waals surface area contributed by atoms with E-state index in [9.17, 15) is 9.18 Å². The first-order valence-corrected chi connectivity index (χ1v) is 8.95. The number of rotatable bonds is 4. The zero-order valence-electron chi connectivity index (χ0n) is 15.4. The van der Waals surface area contributed by atoms with Gasteiger partial charge < -0.3 is 5.32 Å². The maximum Gasteiger partial charge on any atom is 0.222 e. The van der Waals surface area contributed by atoms with Crippen molar-refractivity contribution in [3.63, 3.8) is 0 Å². The molecule has 0 saturated heterocycles. The first kappa shape index (κ1) is 18.8. The van der Waals surface area contributed by atoms with E-state index in [0.29, 0.717) is 34.2 Å². The molecule has 0 atom stereocenters. The quantitative estimate of drug-likeness (QED) is 0.532. The minimum Gasteiger partial charge on any atom is -0.311 e. The van der Waals surface area contributed by atoms with E-state index in [2.05, 4.69) is 30.6 Å². The van der Waals surface area contributed by atoms with E-state index in [-0.39, 0.29) is 10.9 Å². The number of nitrogens with zero attached hydrogens (tertiary/aromatic N) is 5. The maximum atomic E-state index is 13.5. The van der Waals surface area contributed by atoms with Crippen LogP contribution in [0.15, 0.2) is 43.0 Å². The average molecular weight is 412 g/mol. The van der Waals surface area contributed by atoms with Crippen LogP contribution < -0.4 is 5.32 Å². The van der Waals surface area contributed by atoms with E-state index in [1.165, 1.54) is 25.4 Å². The molecule has 0 spiro atoms. The van der Waals surface area contributed by atoms with Gasteiger partial charge in [0.1, 0.15) is 23.7 Å². The van der Waals surface area contributed by atoms with Gasteiger partial charge in [-0.2, -0.15) is 10.2 Å². The van der Waals surface area contributed by atoms with E-state index >= 15 is 0 Å². The maximum absolute atomic E-state index is 13.5. The first-order valence-electron chi connectivity index (χ1n) is 8.58. The summed E-state index contributed by atoms with van der Waals surface area (Å²) in [5, 5.41) is 14.2. The fourth-order valence-electron chi connectivity index (χ4n) is 2.89. The highest BCUT2D eigenvalue weighted by atomic mass is 35.5. The molecule has 1 aromatic carbocycles. The third kappa shape index (κ3) is 3.72. The summed E-state index contributed by atoms with van der Waals surface area (Å²) in [6.45, 7) is 3.28. The molecular formula is C19H15ClFN7O. The molecule has 29 heavy (non-hydrogen) atoms. The fraction of sp³-hybridized carbons (Fsp3) is 0.105. The van der Waals surface area contributed by atoms with Crippen LogP contribution in [0, 0.1) is 12.7 Å². The van der Waals surface area contributed by atoms with Crippen LogP contribution in [-0.2, 0) is 4.79 Å². The molecule has 10 heteroatoms. The molecule has 4 aromatic rings. The summed E-state index contributed by atoms with van der Waals surface area (Å²) in [5.41, 5.74) is 3.22. The predicted molar refractivity (Wildman–Crippen MR) is 106 cm³/mol. The Bertz CT molecular complexity index is 1200. The van der Waals surface area contributed by atoms with Crippen molar-refractivity contribution in [2.75, 3.05) is 5.32 Å². The van der Waals surface area contributed by atoms with Crippen molar-refractivity contribution in [2.24, 2.45) is 0 Å². The standard InChI is InChI=1S/C19H15ClFN7O/c1-10-7-22-17(25-11(2)29)6-16(10)28-8-14(19-23-9-24-26-19)18(27-28)13-4-3-12(21)5-15(13)20/h3-9H,1-2H3,(H,22,25,29)(H,23,24,26). The molecule has 2 N–H and O–H groups in total. The summed E-state index contributed by atoms with van der Waals surface area (Å²) in [5.74, 6) is 0.217. The lowest BCUT2D eigenvalue weighted by molar-refractivity contribution is -0.114. The van der Waals surface area contributed by atoms with Gasteiger partial charge in [-0.15, -0.1) is 0 Å². The number of aromatic amines is 1. The van der Waals surface area contributed by atoms with Crippen molar-refractivity contribution in [3.05, 3.63) is 59.4 Å². The number of hydrogen-bond donors (Lipinski definition) is 2. The lowest BCUT2D eigenvalue weighted by atomic mass is 10.1. The molecule has 0 saturated carbocycles. The molecule has 0 unspecified atom stereocenters. The lowest BCUT2D eigenvalue weighted by Crippen LogP contribution is -2.09. The zero-order chi connectivity index (χ0) is 20.5. The summed E-state index contributed by atoms with van der Waals surface area (Å²) in [6, 6.07) is 5.82. The second-order valence-corrected chi connectivity index (χ2v) is 6.74. The Morgan fingerprint density at radius 1 is 1.24 bits per heavy atom. The Morgan fingerprint density at radius 3 is 2.76 bits per heavy atom. The van der Waals surface area contributed by atoms with Crippen molar-refractivity contribution in [2.45, 2.75) is 13.8 Å². The molecular weight excluding hydrogens is 397 g/mol. The van der Waals surface area contributed by atoms with Gasteiger partial charge in [0.05, 0.1) is 16.3 Å². The van der Waals surface area contributed by atoms with Gasteiger partial charge in [-0.25, -0.2) is 19.0 Å². The summed E-state index contributed by atoms with van der Waals surface area (Å²) >= 11 is 6.27. The van der Waals surface area contributed by atoms with Crippen molar-refractivity contribution in [3.8, 4) is 28.3 Å². The molecule has 0 aliphatic carbocycles. The Balaban J connectivity index is 1.90. The Hall–Kier alpha value is -3.59. The molecule has 0 fully saturated rings. The number of aromatic nitrogens is 6. The van der Waals surface area contributed by atoms with Crippen molar-refractivity contribution in [1.29, 1.82) is 0 Å².